The first-order chi connectivity index (χ1) is 13.5. The third-order valence-corrected chi connectivity index (χ3v) is 5.47. The van der Waals surface area contributed by atoms with Crippen LogP contribution in [0.4, 0.5) is 4.39 Å². The molecule has 0 fully saturated rings. The summed E-state index contributed by atoms with van der Waals surface area (Å²) in [4.78, 5) is 14.8. The van der Waals surface area contributed by atoms with Gasteiger partial charge in [-0.05, 0) is 29.3 Å². The lowest BCUT2D eigenvalue weighted by Crippen LogP contribution is -2.29. The third kappa shape index (κ3) is 3.14. The van der Waals surface area contributed by atoms with Gasteiger partial charge in [-0.2, -0.15) is 5.10 Å². The minimum atomic E-state index is -0.449. The van der Waals surface area contributed by atoms with Crippen molar-refractivity contribution in [1.29, 1.82) is 0 Å². The van der Waals surface area contributed by atoms with Gasteiger partial charge in [-0.1, -0.05) is 35.9 Å². The van der Waals surface area contributed by atoms with E-state index >= 15 is 0 Å². The van der Waals surface area contributed by atoms with Crippen molar-refractivity contribution < 1.29 is 13.9 Å². The molecule has 5 nitrogen and oxygen atoms in total. The SMILES string of the molecule is COc1ccc(CN2C(=O)c3ccccc3[C@@H]2Cc2c(Cl)cnn2C)cc1F. The predicted octanol–water partition coefficient (Wildman–Crippen LogP) is 4.16. The zero-order chi connectivity index (χ0) is 19.8. The van der Waals surface area contributed by atoms with Gasteiger partial charge in [-0.3, -0.25) is 9.48 Å². The Labute approximate surface area is 167 Å². The Hall–Kier alpha value is -2.86. The molecule has 0 saturated carbocycles. The van der Waals surface area contributed by atoms with Gasteiger partial charge in [0.05, 0.1) is 30.1 Å². The number of halogens is 2. The van der Waals surface area contributed by atoms with Crippen LogP contribution in [0.5, 0.6) is 5.75 Å². The van der Waals surface area contributed by atoms with E-state index in [-0.39, 0.29) is 24.2 Å². The summed E-state index contributed by atoms with van der Waals surface area (Å²) >= 11 is 6.30. The average molecular weight is 400 g/mol. The smallest absolute Gasteiger partial charge is 0.255 e. The summed E-state index contributed by atoms with van der Waals surface area (Å²) < 4.78 is 20.8. The van der Waals surface area contributed by atoms with Gasteiger partial charge in [0.25, 0.3) is 5.91 Å². The summed E-state index contributed by atoms with van der Waals surface area (Å²) in [6.07, 6.45) is 2.12. The van der Waals surface area contributed by atoms with E-state index in [4.69, 9.17) is 16.3 Å². The fourth-order valence-electron chi connectivity index (χ4n) is 3.70. The molecule has 7 heteroatoms. The quantitative estimate of drug-likeness (QED) is 0.647. The molecule has 0 N–H and O–H groups in total. The number of benzene rings is 2. The molecule has 2 aromatic carbocycles. The molecule has 1 amide bonds. The van der Waals surface area contributed by atoms with Crippen LogP contribution in [0.3, 0.4) is 0 Å². The molecule has 1 aliphatic heterocycles. The molecular weight excluding hydrogens is 381 g/mol. The van der Waals surface area contributed by atoms with E-state index in [1.807, 2.05) is 31.3 Å². The number of aromatic nitrogens is 2. The van der Waals surface area contributed by atoms with E-state index in [0.717, 1.165) is 11.3 Å². The minimum Gasteiger partial charge on any atom is -0.494 e. The molecule has 28 heavy (non-hydrogen) atoms. The van der Waals surface area contributed by atoms with Crippen LogP contribution in [0.1, 0.15) is 33.2 Å². The molecule has 1 aromatic heterocycles. The van der Waals surface area contributed by atoms with Crippen LogP contribution in [0.25, 0.3) is 0 Å². The molecule has 144 valence electrons. The van der Waals surface area contributed by atoms with E-state index in [1.165, 1.54) is 13.2 Å². The number of fused-ring (bicyclic) bond motifs is 1. The Morgan fingerprint density at radius 2 is 2.04 bits per heavy atom. The van der Waals surface area contributed by atoms with Gasteiger partial charge < -0.3 is 9.64 Å². The molecule has 0 spiro atoms. The number of ether oxygens (including phenoxy) is 1. The zero-order valence-electron chi connectivity index (χ0n) is 15.5. The maximum Gasteiger partial charge on any atom is 0.255 e. The highest BCUT2D eigenvalue weighted by Crippen LogP contribution is 2.38. The van der Waals surface area contributed by atoms with Gasteiger partial charge in [-0.25, -0.2) is 4.39 Å². The van der Waals surface area contributed by atoms with Crippen molar-refractivity contribution in [1.82, 2.24) is 14.7 Å². The normalized spacial score (nSPS) is 15.8. The number of carbonyl (C=O) groups is 1. The highest BCUT2D eigenvalue weighted by atomic mass is 35.5. The molecule has 0 unspecified atom stereocenters. The Bertz CT molecular complexity index is 1030. The first-order valence-corrected chi connectivity index (χ1v) is 9.26. The van der Waals surface area contributed by atoms with E-state index in [0.29, 0.717) is 22.6 Å². The van der Waals surface area contributed by atoms with Crippen molar-refractivity contribution in [2.75, 3.05) is 7.11 Å². The van der Waals surface area contributed by atoms with Crippen LogP contribution in [0.15, 0.2) is 48.7 Å². The highest BCUT2D eigenvalue weighted by molar-refractivity contribution is 6.31. The van der Waals surface area contributed by atoms with Crippen LogP contribution in [-0.2, 0) is 20.0 Å². The number of hydrogen-bond donors (Lipinski definition) is 0. The van der Waals surface area contributed by atoms with Crippen molar-refractivity contribution in [3.05, 3.63) is 81.9 Å². The second kappa shape index (κ2) is 7.28. The lowest BCUT2D eigenvalue weighted by Gasteiger charge is -2.26. The van der Waals surface area contributed by atoms with Crippen LogP contribution in [0, 0.1) is 5.82 Å². The predicted molar refractivity (Wildman–Crippen MR) is 104 cm³/mol. The molecule has 0 saturated heterocycles. The van der Waals surface area contributed by atoms with Gasteiger partial charge in [0.1, 0.15) is 0 Å². The monoisotopic (exact) mass is 399 g/mol. The van der Waals surface area contributed by atoms with Crippen LogP contribution in [-0.4, -0.2) is 27.7 Å². The van der Waals surface area contributed by atoms with Gasteiger partial charge in [0.15, 0.2) is 11.6 Å². The minimum absolute atomic E-state index is 0.0740. The number of hydrogen-bond acceptors (Lipinski definition) is 3. The summed E-state index contributed by atoms with van der Waals surface area (Å²) in [6, 6.07) is 12.1. The summed E-state index contributed by atoms with van der Waals surface area (Å²) in [5.41, 5.74) is 3.15. The molecule has 3 aromatic rings. The maximum absolute atomic E-state index is 14.1. The molecule has 0 aliphatic carbocycles. The summed E-state index contributed by atoms with van der Waals surface area (Å²) in [5, 5.41) is 4.76. The third-order valence-electron chi connectivity index (χ3n) is 5.15. The maximum atomic E-state index is 14.1. The topological polar surface area (TPSA) is 47.4 Å². The van der Waals surface area contributed by atoms with Crippen LogP contribution >= 0.6 is 11.6 Å². The fraction of sp³-hybridized carbons (Fsp3) is 0.238. The van der Waals surface area contributed by atoms with E-state index in [9.17, 15) is 9.18 Å². The van der Waals surface area contributed by atoms with E-state index < -0.39 is 5.82 Å². The van der Waals surface area contributed by atoms with E-state index in [2.05, 4.69) is 5.10 Å². The van der Waals surface area contributed by atoms with Crippen LogP contribution in [0.2, 0.25) is 5.02 Å². The lowest BCUT2D eigenvalue weighted by molar-refractivity contribution is 0.0707. The number of amides is 1. The Morgan fingerprint density at radius 1 is 1.25 bits per heavy atom. The van der Waals surface area contributed by atoms with Crippen molar-refractivity contribution in [3.63, 3.8) is 0 Å². The Kier molecular flexibility index (Phi) is 4.81. The number of aryl methyl sites for hydroxylation is 1. The standard InChI is InChI=1S/C21H19ClFN3O2/c1-25-19(16(22)11-24-25)10-18-14-5-3-4-6-15(14)21(27)26(18)12-13-7-8-20(28-2)17(23)9-13/h3-9,11,18H,10,12H2,1-2H3/t18-/m0/s1. The summed E-state index contributed by atoms with van der Waals surface area (Å²) in [6.45, 7) is 0.286. The summed E-state index contributed by atoms with van der Waals surface area (Å²) in [7, 11) is 3.25. The first-order valence-electron chi connectivity index (χ1n) is 8.88. The van der Waals surface area contributed by atoms with Crippen LogP contribution < -0.4 is 4.74 Å². The van der Waals surface area contributed by atoms with Gasteiger partial charge in [0, 0.05) is 25.6 Å². The molecule has 1 atom stereocenters. The van der Waals surface area contributed by atoms with Gasteiger partial charge in [0.2, 0.25) is 0 Å². The van der Waals surface area contributed by atoms with Crippen molar-refractivity contribution in [2.45, 2.75) is 19.0 Å². The van der Waals surface area contributed by atoms with Crippen molar-refractivity contribution in [3.8, 4) is 5.75 Å². The Morgan fingerprint density at radius 3 is 2.71 bits per heavy atom. The summed E-state index contributed by atoms with van der Waals surface area (Å²) in [5.74, 6) is -0.344. The molecule has 0 bridgehead atoms. The number of methoxy groups -OCH3 is 1. The van der Waals surface area contributed by atoms with Crippen molar-refractivity contribution in [2.24, 2.45) is 7.05 Å². The Balaban J connectivity index is 1.70. The average Bonchev–Trinajstić information content (AvgIpc) is 3.14. The molecular formula is C21H19ClFN3O2. The zero-order valence-corrected chi connectivity index (χ0v) is 16.3. The van der Waals surface area contributed by atoms with Crippen molar-refractivity contribution >= 4 is 17.5 Å². The number of nitrogens with zero attached hydrogens (tertiary/aromatic N) is 3. The largest absolute Gasteiger partial charge is 0.494 e. The molecule has 1 aliphatic rings. The lowest BCUT2D eigenvalue weighted by atomic mass is 10.0. The fourth-order valence-corrected chi connectivity index (χ4v) is 3.95. The molecule has 0 radical (unpaired) electrons. The number of rotatable bonds is 5. The van der Waals surface area contributed by atoms with Gasteiger partial charge in [-0.15, -0.1) is 0 Å². The highest BCUT2D eigenvalue weighted by Gasteiger charge is 2.37. The molecule has 4 rings (SSSR count). The second-order valence-electron chi connectivity index (χ2n) is 6.77. The first kappa shape index (κ1) is 18.5. The van der Waals surface area contributed by atoms with Gasteiger partial charge >= 0.3 is 0 Å². The number of carbonyl (C=O) groups excluding carboxylic acids is 1. The second-order valence-corrected chi connectivity index (χ2v) is 7.18. The van der Waals surface area contributed by atoms with E-state index in [1.54, 1.807) is 27.9 Å². The molecule has 2 heterocycles.